The minimum Gasteiger partial charge on any atom is -0.481 e. The van der Waals surface area contributed by atoms with Crippen molar-refractivity contribution < 1.29 is 4.74 Å². The monoisotopic (exact) mass is 192 g/mol. The lowest BCUT2D eigenvalue weighted by atomic mass is 10.3. The van der Waals surface area contributed by atoms with Gasteiger partial charge < -0.3 is 4.74 Å². The predicted molar refractivity (Wildman–Crippen MR) is 63.5 cm³/mol. The van der Waals surface area contributed by atoms with Gasteiger partial charge in [0.15, 0.2) is 0 Å². The van der Waals surface area contributed by atoms with Crippen molar-refractivity contribution in [3.05, 3.63) is 30.3 Å². The van der Waals surface area contributed by atoms with E-state index in [0.717, 1.165) is 5.75 Å². The third kappa shape index (κ3) is 8.67. The molecule has 0 atom stereocenters. The van der Waals surface area contributed by atoms with E-state index in [1.165, 1.54) is 0 Å². The van der Waals surface area contributed by atoms with Crippen LogP contribution >= 0.6 is 0 Å². The first kappa shape index (κ1) is 15.1. The molecule has 0 saturated heterocycles. The van der Waals surface area contributed by atoms with E-state index in [9.17, 15) is 0 Å². The van der Waals surface area contributed by atoms with Gasteiger partial charge in [-0.1, -0.05) is 51.8 Å². The number of terminal acetylenes is 1. The fraction of sp³-hybridized carbons (Fsp3) is 0.385. The first-order chi connectivity index (χ1) is 6.93. The van der Waals surface area contributed by atoms with Gasteiger partial charge >= 0.3 is 0 Å². The minimum atomic E-state index is 0.337. The van der Waals surface area contributed by atoms with Crippen molar-refractivity contribution in [3.8, 4) is 18.1 Å². The third-order valence-corrected chi connectivity index (χ3v) is 1.07. The Morgan fingerprint density at radius 1 is 1.07 bits per heavy atom. The molecule has 0 aliphatic rings. The Morgan fingerprint density at radius 3 is 2.00 bits per heavy atom. The maximum absolute atomic E-state index is 5.12. The van der Waals surface area contributed by atoms with E-state index in [-0.39, 0.29) is 0 Å². The minimum absolute atomic E-state index is 0.337. The molecule has 0 radical (unpaired) electrons. The van der Waals surface area contributed by atoms with Crippen LogP contribution in [0.3, 0.4) is 0 Å². The Kier molecular flexibility index (Phi) is 15.2. The molecule has 0 amide bonds. The molecule has 14 heavy (non-hydrogen) atoms. The van der Waals surface area contributed by atoms with Crippen molar-refractivity contribution in [2.45, 2.75) is 27.7 Å². The second-order valence-corrected chi connectivity index (χ2v) is 1.81. The van der Waals surface area contributed by atoms with Gasteiger partial charge in [-0.3, -0.25) is 0 Å². The van der Waals surface area contributed by atoms with Crippen LogP contribution in [-0.4, -0.2) is 6.61 Å². The maximum atomic E-state index is 5.12. The molecule has 0 aromatic heterocycles. The van der Waals surface area contributed by atoms with Crippen LogP contribution in [0.15, 0.2) is 30.3 Å². The van der Waals surface area contributed by atoms with Gasteiger partial charge in [-0.2, -0.15) is 0 Å². The molecule has 0 aliphatic heterocycles. The van der Waals surface area contributed by atoms with Gasteiger partial charge in [0.2, 0.25) is 0 Å². The van der Waals surface area contributed by atoms with Gasteiger partial charge in [0, 0.05) is 0 Å². The first-order valence-corrected chi connectivity index (χ1v) is 5.05. The number of ether oxygens (including phenoxy) is 1. The zero-order valence-electron chi connectivity index (χ0n) is 9.58. The van der Waals surface area contributed by atoms with E-state index >= 15 is 0 Å². The van der Waals surface area contributed by atoms with Crippen LogP contribution in [0, 0.1) is 12.3 Å². The van der Waals surface area contributed by atoms with E-state index < -0.39 is 0 Å². The summed E-state index contributed by atoms with van der Waals surface area (Å²) in [5, 5.41) is 0. The number of rotatable bonds is 2. The molecule has 78 valence electrons. The zero-order chi connectivity index (χ0) is 11.2. The molecule has 1 rings (SSSR count). The van der Waals surface area contributed by atoms with E-state index in [1.807, 2.05) is 58.0 Å². The summed E-state index contributed by atoms with van der Waals surface area (Å²) in [7, 11) is 0. The highest BCUT2D eigenvalue weighted by Gasteiger charge is 1.85. The van der Waals surface area contributed by atoms with Crippen LogP contribution in [0.5, 0.6) is 5.75 Å². The maximum Gasteiger partial charge on any atom is 0.148 e. The van der Waals surface area contributed by atoms with Crippen molar-refractivity contribution in [3.63, 3.8) is 0 Å². The van der Waals surface area contributed by atoms with Crippen molar-refractivity contribution in [1.29, 1.82) is 0 Å². The largest absolute Gasteiger partial charge is 0.481 e. The summed E-state index contributed by atoms with van der Waals surface area (Å²) in [6.07, 6.45) is 5.00. The van der Waals surface area contributed by atoms with Gasteiger partial charge in [-0.25, -0.2) is 0 Å². The molecule has 0 unspecified atom stereocenters. The van der Waals surface area contributed by atoms with Gasteiger partial charge in [-0.15, -0.1) is 6.42 Å². The summed E-state index contributed by atoms with van der Waals surface area (Å²) in [6.45, 7) is 8.34. The van der Waals surface area contributed by atoms with Crippen LogP contribution in [-0.2, 0) is 0 Å². The van der Waals surface area contributed by atoms with E-state index in [2.05, 4.69) is 5.92 Å². The smallest absolute Gasteiger partial charge is 0.148 e. The molecule has 0 heterocycles. The summed E-state index contributed by atoms with van der Waals surface area (Å²) in [6, 6.07) is 9.50. The van der Waals surface area contributed by atoms with Crippen molar-refractivity contribution >= 4 is 0 Å². The molecule has 0 spiro atoms. The van der Waals surface area contributed by atoms with Crippen molar-refractivity contribution in [2.75, 3.05) is 6.61 Å². The lowest BCUT2D eigenvalue weighted by Gasteiger charge is -1.98. The number of para-hydroxylation sites is 1. The van der Waals surface area contributed by atoms with E-state index in [0.29, 0.717) is 6.61 Å². The second-order valence-electron chi connectivity index (χ2n) is 1.81. The summed E-state index contributed by atoms with van der Waals surface area (Å²) in [5.41, 5.74) is 0. The second kappa shape index (κ2) is 14.1. The summed E-state index contributed by atoms with van der Waals surface area (Å²) in [4.78, 5) is 0. The van der Waals surface area contributed by atoms with Crippen LogP contribution in [0.25, 0.3) is 0 Å². The molecule has 1 aromatic carbocycles. The summed E-state index contributed by atoms with van der Waals surface area (Å²) >= 11 is 0. The van der Waals surface area contributed by atoms with Crippen LogP contribution in [0.2, 0.25) is 0 Å². The van der Waals surface area contributed by atoms with Crippen molar-refractivity contribution in [2.24, 2.45) is 0 Å². The first-order valence-electron chi connectivity index (χ1n) is 5.05. The van der Waals surface area contributed by atoms with Gasteiger partial charge in [0.25, 0.3) is 0 Å². The topological polar surface area (TPSA) is 9.23 Å². The Morgan fingerprint density at radius 2 is 1.57 bits per heavy atom. The Bertz CT molecular complexity index is 221. The highest BCUT2D eigenvalue weighted by molar-refractivity contribution is 5.21. The average Bonchev–Trinajstić information content (AvgIpc) is 2.33. The molecular formula is C13H20O. The standard InChI is InChI=1S/C9H8O.2C2H6/c1-2-8-10-9-6-4-3-5-7-9;2*1-2/h1,3-7H,8H2;2*1-2H3. The molecule has 0 bridgehead atoms. The SMILES string of the molecule is C#CCOc1ccccc1.CC.CC. The molecule has 0 aliphatic carbocycles. The lowest BCUT2D eigenvalue weighted by Crippen LogP contribution is -1.91. The summed E-state index contributed by atoms with van der Waals surface area (Å²) in [5.74, 6) is 3.21. The Labute approximate surface area is 88.1 Å². The molecule has 0 N–H and O–H groups in total. The fourth-order valence-electron chi connectivity index (χ4n) is 0.642. The van der Waals surface area contributed by atoms with E-state index in [4.69, 9.17) is 11.2 Å². The van der Waals surface area contributed by atoms with Gasteiger partial charge in [0.05, 0.1) is 0 Å². The van der Waals surface area contributed by atoms with E-state index in [1.54, 1.807) is 0 Å². The zero-order valence-corrected chi connectivity index (χ0v) is 9.58. The van der Waals surface area contributed by atoms with Gasteiger partial charge in [-0.05, 0) is 12.1 Å². The summed E-state index contributed by atoms with van der Waals surface area (Å²) < 4.78 is 5.12. The highest BCUT2D eigenvalue weighted by Crippen LogP contribution is 2.06. The number of hydrogen-bond donors (Lipinski definition) is 0. The molecule has 1 aromatic rings. The number of benzene rings is 1. The molecular weight excluding hydrogens is 172 g/mol. The van der Waals surface area contributed by atoms with Crippen LogP contribution < -0.4 is 4.74 Å². The van der Waals surface area contributed by atoms with Crippen LogP contribution in [0.1, 0.15) is 27.7 Å². The third-order valence-electron chi connectivity index (χ3n) is 1.07. The predicted octanol–water partition coefficient (Wildman–Crippen LogP) is 3.75. The highest BCUT2D eigenvalue weighted by atomic mass is 16.5. The Balaban J connectivity index is 0. The number of hydrogen-bond acceptors (Lipinski definition) is 1. The molecule has 1 nitrogen and oxygen atoms in total. The molecule has 1 heteroatoms. The fourth-order valence-corrected chi connectivity index (χ4v) is 0.642. The molecule has 0 saturated carbocycles. The van der Waals surface area contributed by atoms with Gasteiger partial charge in [0.1, 0.15) is 12.4 Å². The quantitative estimate of drug-likeness (QED) is 0.648. The Hall–Kier alpha value is -1.42. The molecule has 0 fully saturated rings. The lowest BCUT2D eigenvalue weighted by molar-refractivity contribution is 0.370. The normalized spacial score (nSPS) is 6.79. The average molecular weight is 192 g/mol. The van der Waals surface area contributed by atoms with Crippen LogP contribution in [0.4, 0.5) is 0 Å². The van der Waals surface area contributed by atoms with Crippen molar-refractivity contribution in [1.82, 2.24) is 0 Å².